The zero-order valence-corrected chi connectivity index (χ0v) is 10.3. The van der Waals surface area contributed by atoms with E-state index in [1.165, 1.54) is 0 Å². The van der Waals surface area contributed by atoms with Crippen LogP contribution in [0.2, 0.25) is 5.02 Å². The molecule has 78 valence electrons. The maximum absolute atomic E-state index is 5.96. The number of anilines is 1. The molecule has 3 N–H and O–H groups in total. The van der Waals surface area contributed by atoms with Crippen LogP contribution in [0.25, 0.3) is 0 Å². The molecular formula is C9H13BrClN3. The molecule has 14 heavy (non-hydrogen) atoms. The van der Waals surface area contributed by atoms with Gasteiger partial charge in [-0.1, -0.05) is 18.5 Å². The van der Waals surface area contributed by atoms with Crippen molar-refractivity contribution >= 4 is 33.3 Å². The van der Waals surface area contributed by atoms with Gasteiger partial charge in [0, 0.05) is 23.3 Å². The summed E-state index contributed by atoms with van der Waals surface area (Å²) in [4.78, 5) is 4.14. The fourth-order valence-corrected chi connectivity index (χ4v) is 1.61. The summed E-state index contributed by atoms with van der Waals surface area (Å²) in [5, 5.41) is 3.70. The van der Waals surface area contributed by atoms with Crippen LogP contribution in [0.15, 0.2) is 16.7 Å². The standard InChI is InChI=1S/C9H13BrClN3/c1-2-7(12)5-14-9-8(11)3-6(10)4-13-9/h3-4,7H,2,5,12H2,1H3,(H,13,14). The van der Waals surface area contributed by atoms with Gasteiger partial charge in [0.05, 0.1) is 5.02 Å². The first-order valence-corrected chi connectivity index (χ1v) is 5.61. The fourth-order valence-electron chi connectivity index (χ4n) is 0.917. The summed E-state index contributed by atoms with van der Waals surface area (Å²) < 4.78 is 0.868. The van der Waals surface area contributed by atoms with E-state index in [4.69, 9.17) is 17.3 Å². The summed E-state index contributed by atoms with van der Waals surface area (Å²) in [6.45, 7) is 2.73. The zero-order chi connectivity index (χ0) is 10.6. The highest BCUT2D eigenvalue weighted by Crippen LogP contribution is 2.22. The van der Waals surface area contributed by atoms with Crippen molar-refractivity contribution in [2.45, 2.75) is 19.4 Å². The first kappa shape index (κ1) is 11.8. The Balaban J connectivity index is 2.59. The molecule has 0 aliphatic heterocycles. The smallest absolute Gasteiger partial charge is 0.144 e. The summed E-state index contributed by atoms with van der Waals surface area (Å²) >= 11 is 9.25. The average molecular weight is 279 g/mol. The number of nitrogens with zero attached hydrogens (tertiary/aromatic N) is 1. The van der Waals surface area contributed by atoms with Gasteiger partial charge in [-0.25, -0.2) is 4.98 Å². The van der Waals surface area contributed by atoms with Gasteiger partial charge < -0.3 is 11.1 Å². The number of hydrogen-bond acceptors (Lipinski definition) is 3. The summed E-state index contributed by atoms with van der Waals surface area (Å²) in [7, 11) is 0. The van der Waals surface area contributed by atoms with Crippen molar-refractivity contribution < 1.29 is 0 Å². The van der Waals surface area contributed by atoms with Crippen molar-refractivity contribution in [3.8, 4) is 0 Å². The molecule has 1 heterocycles. The summed E-state index contributed by atoms with van der Waals surface area (Å²) in [6.07, 6.45) is 2.63. The molecule has 0 radical (unpaired) electrons. The molecule has 0 bridgehead atoms. The molecule has 0 saturated heterocycles. The lowest BCUT2D eigenvalue weighted by Crippen LogP contribution is -2.28. The third kappa shape index (κ3) is 3.44. The molecule has 1 atom stereocenters. The second kappa shape index (κ2) is 5.53. The third-order valence-electron chi connectivity index (χ3n) is 1.86. The minimum Gasteiger partial charge on any atom is -0.367 e. The van der Waals surface area contributed by atoms with Crippen LogP contribution in [0.5, 0.6) is 0 Å². The van der Waals surface area contributed by atoms with Crippen LogP contribution in [0.3, 0.4) is 0 Å². The van der Waals surface area contributed by atoms with Crippen molar-refractivity contribution in [3.63, 3.8) is 0 Å². The number of hydrogen-bond donors (Lipinski definition) is 2. The predicted molar refractivity (Wildman–Crippen MR) is 63.7 cm³/mol. The van der Waals surface area contributed by atoms with Gasteiger partial charge in [0.25, 0.3) is 0 Å². The van der Waals surface area contributed by atoms with Crippen LogP contribution in [-0.2, 0) is 0 Å². The number of aromatic nitrogens is 1. The molecule has 1 unspecified atom stereocenters. The van der Waals surface area contributed by atoms with Gasteiger partial charge >= 0.3 is 0 Å². The van der Waals surface area contributed by atoms with Crippen LogP contribution >= 0.6 is 27.5 Å². The van der Waals surface area contributed by atoms with Crippen LogP contribution in [-0.4, -0.2) is 17.6 Å². The van der Waals surface area contributed by atoms with E-state index in [9.17, 15) is 0 Å². The van der Waals surface area contributed by atoms with E-state index in [1.807, 2.05) is 6.92 Å². The average Bonchev–Trinajstić information content (AvgIpc) is 2.16. The van der Waals surface area contributed by atoms with E-state index in [-0.39, 0.29) is 6.04 Å². The Morgan fingerprint density at radius 2 is 2.43 bits per heavy atom. The largest absolute Gasteiger partial charge is 0.367 e. The van der Waals surface area contributed by atoms with Gasteiger partial charge in [-0.2, -0.15) is 0 Å². The van der Waals surface area contributed by atoms with E-state index in [0.717, 1.165) is 10.9 Å². The molecule has 0 aliphatic carbocycles. The number of halogens is 2. The lowest BCUT2D eigenvalue weighted by molar-refractivity contribution is 0.678. The molecule has 0 aliphatic rings. The molecule has 0 spiro atoms. The molecular weight excluding hydrogens is 265 g/mol. The van der Waals surface area contributed by atoms with E-state index in [0.29, 0.717) is 17.4 Å². The van der Waals surface area contributed by atoms with Gasteiger partial charge in [0.1, 0.15) is 5.82 Å². The molecule has 3 nitrogen and oxygen atoms in total. The zero-order valence-electron chi connectivity index (χ0n) is 7.93. The van der Waals surface area contributed by atoms with Crippen LogP contribution in [0, 0.1) is 0 Å². The first-order chi connectivity index (χ1) is 6.63. The molecule has 1 aromatic rings. The molecule has 0 saturated carbocycles. The van der Waals surface area contributed by atoms with Crippen molar-refractivity contribution in [2.24, 2.45) is 5.73 Å². The Bertz CT molecular complexity index is 306. The van der Waals surface area contributed by atoms with E-state index >= 15 is 0 Å². The quantitative estimate of drug-likeness (QED) is 0.890. The fraction of sp³-hybridized carbons (Fsp3) is 0.444. The highest BCUT2D eigenvalue weighted by molar-refractivity contribution is 9.10. The van der Waals surface area contributed by atoms with Gasteiger partial charge in [-0.3, -0.25) is 0 Å². The molecule has 1 rings (SSSR count). The number of pyridine rings is 1. The SMILES string of the molecule is CCC(N)CNc1ncc(Br)cc1Cl. The summed E-state index contributed by atoms with van der Waals surface area (Å²) in [5.41, 5.74) is 5.76. The summed E-state index contributed by atoms with van der Waals surface area (Å²) in [5.74, 6) is 0.679. The van der Waals surface area contributed by atoms with Crippen molar-refractivity contribution in [1.82, 2.24) is 4.98 Å². The van der Waals surface area contributed by atoms with E-state index < -0.39 is 0 Å². The first-order valence-electron chi connectivity index (χ1n) is 4.44. The topological polar surface area (TPSA) is 50.9 Å². The Morgan fingerprint density at radius 1 is 1.71 bits per heavy atom. The monoisotopic (exact) mass is 277 g/mol. The molecule has 0 aromatic carbocycles. The highest BCUT2D eigenvalue weighted by Gasteiger charge is 2.04. The van der Waals surface area contributed by atoms with Crippen molar-refractivity contribution in [2.75, 3.05) is 11.9 Å². The molecule has 5 heteroatoms. The Hall–Kier alpha value is -0.320. The van der Waals surface area contributed by atoms with Crippen LogP contribution in [0.1, 0.15) is 13.3 Å². The molecule has 0 amide bonds. The Kier molecular flexibility index (Phi) is 4.65. The normalized spacial score (nSPS) is 12.6. The molecule has 1 aromatic heterocycles. The highest BCUT2D eigenvalue weighted by atomic mass is 79.9. The Labute approximate surface area is 97.2 Å². The maximum atomic E-state index is 5.96. The van der Waals surface area contributed by atoms with E-state index in [2.05, 4.69) is 26.2 Å². The van der Waals surface area contributed by atoms with Crippen molar-refractivity contribution in [3.05, 3.63) is 21.8 Å². The van der Waals surface area contributed by atoms with Gasteiger partial charge in [-0.05, 0) is 28.4 Å². The second-order valence-electron chi connectivity index (χ2n) is 3.03. The third-order valence-corrected chi connectivity index (χ3v) is 2.59. The van der Waals surface area contributed by atoms with Crippen LogP contribution in [0.4, 0.5) is 5.82 Å². The summed E-state index contributed by atoms with van der Waals surface area (Å²) in [6, 6.07) is 1.94. The van der Waals surface area contributed by atoms with Gasteiger partial charge in [0.2, 0.25) is 0 Å². The second-order valence-corrected chi connectivity index (χ2v) is 4.36. The lowest BCUT2D eigenvalue weighted by Gasteiger charge is -2.11. The van der Waals surface area contributed by atoms with Crippen LogP contribution < -0.4 is 11.1 Å². The van der Waals surface area contributed by atoms with Gasteiger partial charge in [-0.15, -0.1) is 0 Å². The number of nitrogens with one attached hydrogen (secondary N) is 1. The molecule has 0 fully saturated rings. The van der Waals surface area contributed by atoms with E-state index in [1.54, 1.807) is 12.3 Å². The van der Waals surface area contributed by atoms with Gasteiger partial charge in [0.15, 0.2) is 0 Å². The Morgan fingerprint density at radius 3 is 3.00 bits per heavy atom. The minimum absolute atomic E-state index is 0.136. The predicted octanol–water partition coefficient (Wildman–Crippen LogP) is 2.65. The number of nitrogens with two attached hydrogens (primary N) is 1. The number of rotatable bonds is 4. The maximum Gasteiger partial charge on any atom is 0.144 e. The minimum atomic E-state index is 0.136. The lowest BCUT2D eigenvalue weighted by atomic mass is 10.2. The van der Waals surface area contributed by atoms with Crippen molar-refractivity contribution in [1.29, 1.82) is 0 Å².